The van der Waals surface area contributed by atoms with Gasteiger partial charge in [0.1, 0.15) is 5.75 Å². The first kappa shape index (κ1) is 10.3. The Hall–Kier alpha value is -1.77. The van der Waals surface area contributed by atoms with E-state index in [1.54, 1.807) is 31.2 Å². The van der Waals surface area contributed by atoms with E-state index in [9.17, 15) is 9.90 Å². The Bertz CT molecular complexity index is 370. The highest BCUT2D eigenvalue weighted by Crippen LogP contribution is 2.23. The lowest BCUT2D eigenvalue weighted by molar-refractivity contribution is -0.111. The predicted molar refractivity (Wildman–Crippen MR) is 56.3 cm³/mol. The molecule has 0 heterocycles. The normalized spacial score (nSPS) is 10.4. The van der Waals surface area contributed by atoms with E-state index in [2.05, 4.69) is 5.32 Å². The van der Waals surface area contributed by atoms with Crippen LogP contribution in [0.3, 0.4) is 0 Å². The van der Waals surface area contributed by atoms with Crippen LogP contribution in [-0.4, -0.2) is 11.0 Å². The van der Waals surface area contributed by atoms with Crippen molar-refractivity contribution < 1.29 is 9.90 Å². The number of hydrogen-bond acceptors (Lipinski definition) is 2. The smallest absolute Gasteiger partial charge is 0.248 e. The van der Waals surface area contributed by atoms with E-state index in [4.69, 9.17) is 0 Å². The summed E-state index contributed by atoms with van der Waals surface area (Å²) in [6, 6.07) is 5.05. The molecule has 2 N–H and O–H groups in total. The minimum atomic E-state index is -0.242. The molecule has 0 aliphatic carbocycles. The molecule has 0 aromatic heterocycles. The van der Waals surface area contributed by atoms with Crippen molar-refractivity contribution in [2.24, 2.45) is 0 Å². The van der Waals surface area contributed by atoms with Gasteiger partial charge in [-0.2, -0.15) is 0 Å². The van der Waals surface area contributed by atoms with Gasteiger partial charge in [0.25, 0.3) is 0 Å². The van der Waals surface area contributed by atoms with Crippen LogP contribution in [0, 0.1) is 6.92 Å². The van der Waals surface area contributed by atoms with Crippen molar-refractivity contribution >= 4 is 11.6 Å². The fourth-order valence-corrected chi connectivity index (χ4v) is 1.08. The standard InChI is InChI=1S/C11H13NO2/c1-3-4-11(14)12-9-7-8(2)5-6-10(9)13/h3-7,13H,1-2H3,(H,12,14)/b4-3+. The van der Waals surface area contributed by atoms with E-state index in [-0.39, 0.29) is 11.7 Å². The SMILES string of the molecule is C/C=C/C(=O)Nc1cc(C)ccc1O. The Labute approximate surface area is 83.1 Å². The zero-order valence-corrected chi connectivity index (χ0v) is 8.24. The molecular weight excluding hydrogens is 178 g/mol. The van der Waals surface area contributed by atoms with E-state index in [1.807, 2.05) is 6.92 Å². The summed E-state index contributed by atoms with van der Waals surface area (Å²) in [6.07, 6.45) is 3.05. The molecule has 0 bridgehead atoms. The minimum Gasteiger partial charge on any atom is -0.506 e. The van der Waals surface area contributed by atoms with Gasteiger partial charge < -0.3 is 10.4 Å². The quantitative estimate of drug-likeness (QED) is 0.556. The van der Waals surface area contributed by atoms with Gasteiger partial charge in [-0.3, -0.25) is 4.79 Å². The van der Waals surface area contributed by atoms with Gasteiger partial charge in [0.15, 0.2) is 0 Å². The largest absolute Gasteiger partial charge is 0.506 e. The first-order valence-electron chi connectivity index (χ1n) is 4.37. The first-order chi connectivity index (χ1) is 6.63. The van der Waals surface area contributed by atoms with Gasteiger partial charge in [-0.05, 0) is 37.6 Å². The number of hydrogen-bond donors (Lipinski definition) is 2. The average molecular weight is 191 g/mol. The van der Waals surface area contributed by atoms with Gasteiger partial charge >= 0.3 is 0 Å². The van der Waals surface area contributed by atoms with Gasteiger partial charge in [0, 0.05) is 0 Å². The molecule has 1 aromatic rings. The van der Waals surface area contributed by atoms with Crippen molar-refractivity contribution in [3.63, 3.8) is 0 Å². The Balaban J connectivity index is 2.85. The molecule has 74 valence electrons. The van der Waals surface area contributed by atoms with Gasteiger partial charge in [-0.15, -0.1) is 0 Å². The summed E-state index contributed by atoms with van der Waals surface area (Å²) in [5.41, 5.74) is 1.42. The predicted octanol–water partition coefficient (Wildman–Crippen LogP) is 2.22. The highest BCUT2D eigenvalue weighted by atomic mass is 16.3. The van der Waals surface area contributed by atoms with Crippen LogP contribution in [-0.2, 0) is 4.79 Å². The topological polar surface area (TPSA) is 49.3 Å². The summed E-state index contributed by atoms with van der Waals surface area (Å²) in [7, 11) is 0. The van der Waals surface area contributed by atoms with Crippen molar-refractivity contribution in [3.8, 4) is 5.75 Å². The van der Waals surface area contributed by atoms with Gasteiger partial charge in [-0.25, -0.2) is 0 Å². The molecule has 3 heteroatoms. The summed E-state index contributed by atoms with van der Waals surface area (Å²) in [5.74, 6) is -0.165. The van der Waals surface area contributed by atoms with Gasteiger partial charge in [-0.1, -0.05) is 12.1 Å². The lowest BCUT2D eigenvalue weighted by Gasteiger charge is -2.05. The van der Waals surface area contributed by atoms with Crippen molar-refractivity contribution in [2.45, 2.75) is 13.8 Å². The number of phenolic OH excluding ortho intramolecular Hbond substituents is 1. The van der Waals surface area contributed by atoms with E-state index in [0.29, 0.717) is 5.69 Å². The summed E-state index contributed by atoms with van der Waals surface area (Å²) in [6.45, 7) is 3.65. The zero-order valence-electron chi connectivity index (χ0n) is 8.24. The molecule has 0 aliphatic heterocycles. The summed E-state index contributed by atoms with van der Waals surface area (Å²) >= 11 is 0. The van der Waals surface area contributed by atoms with Crippen molar-refractivity contribution in [2.75, 3.05) is 5.32 Å². The number of carbonyl (C=O) groups is 1. The second-order valence-electron chi connectivity index (χ2n) is 3.01. The second kappa shape index (κ2) is 4.46. The fraction of sp³-hybridized carbons (Fsp3) is 0.182. The zero-order chi connectivity index (χ0) is 10.6. The van der Waals surface area contributed by atoms with Crippen LogP contribution >= 0.6 is 0 Å². The molecule has 1 rings (SSSR count). The van der Waals surface area contributed by atoms with Crippen molar-refractivity contribution in [3.05, 3.63) is 35.9 Å². The lowest BCUT2D eigenvalue weighted by Crippen LogP contribution is -2.07. The maximum Gasteiger partial charge on any atom is 0.248 e. The van der Waals surface area contributed by atoms with Crippen molar-refractivity contribution in [1.29, 1.82) is 0 Å². The molecule has 0 fully saturated rings. The van der Waals surface area contributed by atoms with E-state index >= 15 is 0 Å². The number of rotatable bonds is 2. The van der Waals surface area contributed by atoms with Crippen molar-refractivity contribution in [1.82, 2.24) is 0 Å². The summed E-state index contributed by atoms with van der Waals surface area (Å²) in [5, 5.41) is 12.0. The van der Waals surface area contributed by atoms with Crippen LogP contribution in [0.15, 0.2) is 30.4 Å². The third kappa shape index (κ3) is 2.62. The fourth-order valence-electron chi connectivity index (χ4n) is 1.08. The highest BCUT2D eigenvalue weighted by molar-refractivity contribution is 6.00. The summed E-state index contributed by atoms with van der Waals surface area (Å²) in [4.78, 5) is 11.2. The first-order valence-corrected chi connectivity index (χ1v) is 4.37. The minimum absolute atomic E-state index is 0.0773. The number of phenols is 1. The average Bonchev–Trinajstić information content (AvgIpc) is 2.12. The number of amides is 1. The Morgan fingerprint density at radius 2 is 2.21 bits per heavy atom. The van der Waals surface area contributed by atoms with Crippen LogP contribution in [0.25, 0.3) is 0 Å². The van der Waals surface area contributed by atoms with Crippen LogP contribution in [0.4, 0.5) is 5.69 Å². The highest BCUT2D eigenvalue weighted by Gasteiger charge is 2.02. The number of aromatic hydroxyl groups is 1. The maximum atomic E-state index is 11.2. The maximum absolute atomic E-state index is 11.2. The Kier molecular flexibility index (Phi) is 3.29. The van der Waals surface area contributed by atoms with E-state index in [0.717, 1.165) is 5.56 Å². The van der Waals surface area contributed by atoms with Gasteiger partial charge in [0.05, 0.1) is 5.69 Å². The Morgan fingerprint density at radius 1 is 1.50 bits per heavy atom. The monoisotopic (exact) mass is 191 g/mol. The van der Waals surface area contributed by atoms with Crippen LogP contribution < -0.4 is 5.32 Å². The molecule has 0 unspecified atom stereocenters. The number of nitrogens with one attached hydrogen (secondary N) is 1. The third-order valence-corrected chi connectivity index (χ3v) is 1.73. The second-order valence-corrected chi connectivity index (χ2v) is 3.01. The Morgan fingerprint density at radius 3 is 2.86 bits per heavy atom. The van der Waals surface area contributed by atoms with E-state index < -0.39 is 0 Å². The molecule has 0 atom stereocenters. The van der Waals surface area contributed by atoms with Crippen LogP contribution in [0.2, 0.25) is 0 Å². The molecule has 1 aromatic carbocycles. The lowest BCUT2D eigenvalue weighted by atomic mass is 10.2. The molecule has 14 heavy (non-hydrogen) atoms. The number of benzene rings is 1. The van der Waals surface area contributed by atoms with Crippen LogP contribution in [0.5, 0.6) is 5.75 Å². The summed E-state index contributed by atoms with van der Waals surface area (Å²) < 4.78 is 0. The number of aryl methyl sites for hydroxylation is 1. The molecule has 0 radical (unpaired) electrons. The molecule has 1 amide bonds. The number of anilines is 1. The molecule has 0 saturated carbocycles. The number of carbonyl (C=O) groups excluding carboxylic acids is 1. The molecular formula is C11H13NO2. The molecule has 3 nitrogen and oxygen atoms in total. The molecule has 0 spiro atoms. The number of allylic oxidation sites excluding steroid dienone is 1. The van der Waals surface area contributed by atoms with E-state index in [1.165, 1.54) is 6.08 Å². The van der Waals surface area contributed by atoms with Gasteiger partial charge in [0.2, 0.25) is 5.91 Å². The van der Waals surface area contributed by atoms with Crippen LogP contribution in [0.1, 0.15) is 12.5 Å². The molecule has 0 saturated heterocycles. The molecule has 0 aliphatic rings. The third-order valence-electron chi connectivity index (χ3n) is 1.73.